The third-order valence-corrected chi connectivity index (χ3v) is 3.73. The maximum absolute atomic E-state index is 12.4. The second kappa shape index (κ2) is 7.58. The summed E-state index contributed by atoms with van der Waals surface area (Å²) in [5.41, 5.74) is 3.61. The van der Waals surface area contributed by atoms with Crippen LogP contribution in [0.1, 0.15) is 30.0 Å². The van der Waals surface area contributed by atoms with Crippen molar-refractivity contribution in [3.8, 4) is 0 Å². The predicted molar refractivity (Wildman–Crippen MR) is 84.8 cm³/mol. The van der Waals surface area contributed by atoms with Crippen LogP contribution in [-0.4, -0.2) is 22.3 Å². The molecule has 0 aliphatic rings. The van der Waals surface area contributed by atoms with Gasteiger partial charge in [-0.2, -0.15) is 0 Å². The van der Waals surface area contributed by atoms with Gasteiger partial charge in [-0.1, -0.05) is 24.3 Å². The Labute approximate surface area is 126 Å². The number of rotatable bonds is 6. The molecule has 0 atom stereocenters. The zero-order valence-corrected chi connectivity index (χ0v) is 12.7. The van der Waals surface area contributed by atoms with Crippen molar-refractivity contribution in [2.75, 3.05) is 6.54 Å². The van der Waals surface area contributed by atoms with Gasteiger partial charge >= 0.3 is 0 Å². The topological polar surface area (TPSA) is 33.2 Å². The molecule has 0 N–H and O–H groups in total. The van der Waals surface area contributed by atoms with E-state index in [1.807, 2.05) is 36.1 Å². The SMILES string of the molecule is CCN(Cc1ccccc1C)C(=O)CCc1ccncc1. The Morgan fingerprint density at radius 1 is 1.14 bits per heavy atom. The van der Waals surface area contributed by atoms with Crippen molar-refractivity contribution in [3.63, 3.8) is 0 Å². The molecule has 2 aromatic rings. The van der Waals surface area contributed by atoms with Crippen molar-refractivity contribution in [2.24, 2.45) is 0 Å². The summed E-state index contributed by atoms with van der Waals surface area (Å²) < 4.78 is 0. The van der Waals surface area contributed by atoms with Crippen molar-refractivity contribution >= 4 is 5.91 Å². The number of aromatic nitrogens is 1. The van der Waals surface area contributed by atoms with Crippen molar-refractivity contribution in [1.29, 1.82) is 0 Å². The Balaban J connectivity index is 1.94. The number of amides is 1. The summed E-state index contributed by atoms with van der Waals surface area (Å²) in [6, 6.07) is 12.2. The maximum atomic E-state index is 12.4. The number of carbonyl (C=O) groups is 1. The van der Waals surface area contributed by atoms with Gasteiger partial charge in [0.2, 0.25) is 5.91 Å². The first-order valence-electron chi connectivity index (χ1n) is 7.42. The molecule has 0 unspecified atom stereocenters. The fourth-order valence-corrected chi connectivity index (χ4v) is 2.33. The van der Waals surface area contributed by atoms with E-state index in [4.69, 9.17) is 0 Å². The summed E-state index contributed by atoms with van der Waals surface area (Å²) in [6.07, 6.45) is 4.85. The molecular formula is C18H22N2O. The van der Waals surface area contributed by atoms with E-state index in [0.29, 0.717) is 13.0 Å². The van der Waals surface area contributed by atoms with Gasteiger partial charge in [-0.05, 0) is 49.1 Å². The van der Waals surface area contributed by atoms with E-state index >= 15 is 0 Å². The van der Waals surface area contributed by atoms with Crippen LogP contribution < -0.4 is 0 Å². The minimum absolute atomic E-state index is 0.206. The molecular weight excluding hydrogens is 260 g/mol. The molecule has 0 radical (unpaired) electrons. The monoisotopic (exact) mass is 282 g/mol. The van der Waals surface area contributed by atoms with E-state index in [1.54, 1.807) is 12.4 Å². The molecule has 0 bridgehead atoms. The van der Waals surface area contributed by atoms with Gasteiger partial charge in [0.05, 0.1) is 0 Å². The molecule has 110 valence electrons. The van der Waals surface area contributed by atoms with Gasteiger partial charge in [0.25, 0.3) is 0 Å². The van der Waals surface area contributed by atoms with Gasteiger partial charge in [0.15, 0.2) is 0 Å². The van der Waals surface area contributed by atoms with Gasteiger partial charge in [-0.25, -0.2) is 0 Å². The first-order valence-corrected chi connectivity index (χ1v) is 7.42. The molecule has 2 rings (SSSR count). The number of hydrogen-bond donors (Lipinski definition) is 0. The molecule has 1 aromatic heterocycles. The van der Waals surface area contributed by atoms with E-state index in [-0.39, 0.29) is 5.91 Å². The molecule has 0 aliphatic carbocycles. The first kappa shape index (κ1) is 15.2. The zero-order valence-electron chi connectivity index (χ0n) is 12.7. The van der Waals surface area contributed by atoms with E-state index in [2.05, 4.69) is 24.0 Å². The highest BCUT2D eigenvalue weighted by atomic mass is 16.2. The minimum Gasteiger partial charge on any atom is -0.339 e. The number of benzene rings is 1. The lowest BCUT2D eigenvalue weighted by Gasteiger charge is -2.22. The van der Waals surface area contributed by atoms with Crippen molar-refractivity contribution < 1.29 is 4.79 Å². The van der Waals surface area contributed by atoms with Gasteiger partial charge in [-0.3, -0.25) is 9.78 Å². The van der Waals surface area contributed by atoms with Gasteiger partial charge in [-0.15, -0.1) is 0 Å². The van der Waals surface area contributed by atoms with Crippen LogP contribution in [0.15, 0.2) is 48.8 Å². The lowest BCUT2D eigenvalue weighted by Crippen LogP contribution is -2.30. The molecule has 1 heterocycles. The Bertz CT molecular complexity index is 581. The lowest BCUT2D eigenvalue weighted by atomic mass is 10.1. The molecule has 1 amide bonds. The van der Waals surface area contributed by atoms with Crippen LogP contribution in [-0.2, 0) is 17.8 Å². The fraction of sp³-hybridized carbons (Fsp3) is 0.333. The third kappa shape index (κ3) is 4.42. The number of nitrogens with zero attached hydrogens (tertiary/aromatic N) is 2. The smallest absolute Gasteiger partial charge is 0.223 e. The normalized spacial score (nSPS) is 10.4. The van der Waals surface area contributed by atoms with Crippen LogP contribution in [0.3, 0.4) is 0 Å². The molecule has 0 saturated heterocycles. The van der Waals surface area contributed by atoms with Crippen molar-refractivity contribution in [1.82, 2.24) is 9.88 Å². The van der Waals surface area contributed by atoms with Gasteiger partial charge in [0, 0.05) is 31.9 Å². The standard InChI is InChI=1S/C18H22N2O/c1-3-20(14-17-7-5-4-6-15(17)2)18(21)9-8-16-10-12-19-13-11-16/h4-7,10-13H,3,8-9,14H2,1-2H3. The highest BCUT2D eigenvalue weighted by Crippen LogP contribution is 2.12. The van der Waals surface area contributed by atoms with E-state index in [1.165, 1.54) is 11.1 Å². The molecule has 0 fully saturated rings. The number of aryl methyl sites for hydroxylation is 2. The van der Waals surface area contributed by atoms with Crippen molar-refractivity contribution in [3.05, 3.63) is 65.5 Å². The number of carbonyl (C=O) groups excluding carboxylic acids is 1. The Morgan fingerprint density at radius 2 is 1.86 bits per heavy atom. The number of pyridine rings is 1. The molecule has 1 aromatic carbocycles. The van der Waals surface area contributed by atoms with Gasteiger partial charge in [0.1, 0.15) is 0 Å². The maximum Gasteiger partial charge on any atom is 0.223 e. The zero-order chi connectivity index (χ0) is 15.1. The molecule has 3 heteroatoms. The molecule has 21 heavy (non-hydrogen) atoms. The highest BCUT2D eigenvalue weighted by molar-refractivity contribution is 5.76. The fourth-order valence-electron chi connectivity index (χ4n) is 2.33. The first-order chi connectivity index (χ1) is 10.2. The Kier molecular flexibility index (Phi) is 5.50. The van der Waals surface area contributed by atoms with Crippen LogP contribution in [0.5, 0.6) is 0 Å². The lowest BCUT2D eigenvalue weighted by molar-refractivity contribution is -0.131. The summed E-state index contributed by atoms with van der Waals surface area (Å²) in [4.78, 5) is 18.3. The molecule has 0 spiro atoms. The molecule has 3 nitrogen and oxygen atoms in total. The van der Waals surface area contributed by atoms with Crippen LogP contribution in [0, 0.1) is 6.92 Å². The van der Waals surface area contributed by atoms with E-state index in [0.717, 1.165) is 18.5 Å². The minimum atomic E-state index is 0.206. The Morgan fingerprint density at radius 3 is 2.52 bits per heavy atom. The van der Waals surface area contributed by atoms with E-state index < -0.39 is 0 Å². The van der Waals surface area contributed by atoms with Crippen LogP contribution in [0.25, 0.3) is 0 Å². The second-order valence-electron chi connectivity index (χ2n) is 5.19. The van der Waals surface area contributed by atoms with E-state index in [9.17, 15) is 4.79 Å². The summed E-state index contributed by atoms with van der Waals surface area (Å²) in [6.45, 7) is 5.55. The molecule has 0 saturated carbocycles. The third-order valence-electron chi connectivity index (χ3n) is 3.73. The average molecular weight is 282 g/mol. The summed E-state index contributed by atoms with van der Waals surface area (Å²) in [5, 5.41) is 0. The van der Waals surface area contributed by atoms with Crippen LogP contribution in [0.4, 0.5) is 0 Å². The Hall–Kier alpha value is -2.16. The summed E-state index contributed by atoms with van der Waals surface area (Å²) >= 11 is 0. The molecule has 0 aliphatic heterocycles. The van der Waals surface area contributed by atoms with Gasteiger partial charge < -0.3 is 4.90 Å². The largest absolute Gasteiger partial charge is 0.339 e. The summed E-state index contributed by atoms with van der Waals surface area (Å²) in [7, 11) is 0. The predicted octanol–water partition coefficient (Wildman–Crippen LogP) is 3.37. The summed E-state index contributed by atoms with van der Waals surface area (Å²) in [5.74, 6) is 0.206. The number of hydrogen-bond acceptors (Lipinski definition) is 2. The quantitative estimate of drug-likeness (QED) is 0.814. The second-order valence-corrected chi connectivity index (χ2v) is 5.19. The average Bonchev–Trinajstić information content (AvgIpc) is 2.53. The van der Waals surface area contributed by atoms with Crippen LogP contribution in [0.2, 0.25) is 0 Å². The van der Waals surface area contributed by atoms with Crippen LogP contribution >= 0.6 is 0 Å². The van der Waals surface area contributed by atoms with Crippen molar-refractivity contribution in [2.45, 2.75) is 33.2 Å². The highest BCUT2D eigenvalue weighted by Gasteiger charge is 2.13.